The highest BCUT2D eigenvalue weighted by molar-refractivity contribution is 5.45. The monoisotopic (exact) mass is 290 g/mol. The van der Waals surface area contributed by atoms with Crippen LogP contribution in [0.25, 0.3) is 0 Å². The van der Waals surface area contributed by atoms with E-state index in [4.69, 9.17) is 13.9 Å². The van der Waals surface area contributed by atoms with Crippen LogP contribution in [0.5, 0.6) is 11.5 Å². The molecule has 1 atom stereocenters. The second-order valence-electron chi connectivity index (χ2n) is 4.84. The van der Waals surface area contributed by atoms with Gasteiger partial charge >= 0.3 is 0 Å². The lowest BCUT2D eigenvalue weighted by Gasteiger charge is -2.15. The first-order valence-electron chi connectivity index (χ1n) is 7.21. The molecule has 1 unspecified atom stereocenters. The van der Waals surface area contributed by atoms with Crippen LogP contribution in [0.3, 0.4) is 0 Å². The molecule has 0 aliphatic rings. The van der Waals surface area contributed by atoms with E-state index in [1.54, 1.807) is 0 Å². The molecule has 1 heterocycles. The molecule has 21 heavy (non-hydrogen) atoms. The van der Waals surface area contributed by atoms with E-state index in [9.17, 15) is 5.11 Å². The molecule has 0 amide bonds. The number of hydrogen-bond acceptors (Lipinski definition) is 4. The Balaban J connectivity index is 2.35. The van der Waals surface area contributed by atoms with Crippen molar-refractivity contribution in [1.82, 2.24) is 0 Å². The third kappa shape index (κ3) is 3.39. The number of ether oxygens (including phenoxy) is 2. The third-order valence-corrected chi connectivity index (χ3v) is 3.26. The van der Waals surface area contributed by atoms with E-state index < -0.39 is 6.10 Å². The first kappa shape index (κ1) is 15.4. The Kier molecular flexibility index (Phi) is 4.91. The first-order chi connectivity index (χ1) is 10.1. The summed E-state index contributed by atoms with van der Waals surface area (Å²) in [6, 6.07) is 7.35. The van der Waals surface area contributed by atoms with Gasteiger partial charge in [-0.15, -0.1) is 0 Å². The van der Waals surface area contributed by atoms with Crippen LogP contribution in [-0.2, 0) is 0 Å². The fourth-order valence-corrected chi connectivity index (χ4v) is 2.34. The number of aliphatic hydroxyl groups is 1. The van der Waals surface area contributed by atoms with Crippen molar-refractivity contribution in [2.45, 2.75) is 33.8 Å². The summed E-state index contributed by atoms with van der Waals surface area (Å²) in [6.45, 7) is 8.68. The van der Waals surface area contributed by atoms with E-state index >= 15 is 0 Å². The highest BCUT2D eigenvalue weighted by Gasteiger charge is 2.18. The second-order valence-corrected chi connectivity index (χ2v) is 4.84. The van der Waals surface area contributed by atoms with Crippen molar-refractivity contribution in [3.05, 3.63) is 46.9 Å². The SMILES string of the molecule is CCOc1ccc(C(O)c2cc(C)oc2C)cc1OCC. The van der Waals surface area contributed by atoms with Crippen molar-refractivity contribution in [1.29, 1.82) is 0 Å². The Hall–Kier alpha value is -1.94. The molecule has 0 bridgehead atoms. The molecule has 0 saturated carbocycles. The van der Waals surface area contributed by atoms with E-state index in [0.717, 1.165) is 22.6 Å². The maximum atomic E-state index is 10.5. The average Bonchev–Trinajstić information content (AvgIpc) is 2.79. The van der Waals surface area contributed by atoms with Crippen molar-refractivity contribution >= 4 is 0 Å². The van der Waals surface area contributed by atoms with Crippen molar-refractivity contribution < 1.29 is 19.0 Å². The first-order valence-corrected chi connectivity index (χ1v) is 7.21. The van der Waals surface area contributed by atoms with Crippen LogP contribution in [0.1, 0.15) is 42.6 Å². The van der Waals surface area contributed by atoms with Gasteiger partial charge < -0.3 is 19.0 Å². The molecule has 0 aliphatic heterocycles. The number of benzene rings is 1. The number of rotatable bonds is 6. The van der Waals surface area contributed by atoms with E-state index in [1.165, 1.54) is 0 Å². The van der Waals surface area contributed by atoms with Gasteiger partial charge in [-0.2, -0.15) is 0 Å². The molecule has 0 fully saturated rings. The van der Waals surface area contributed by atoms with Crippen molar-refractivity contribution in [2.24, 2.45) is 0 Å². The molecule has 2 rings (SSSR count). The van der Waals surface area contributed by atoms with Crippen LogP contribution in [-0.4, -0.2) is 18.3 Å². The minimum Gasteiger partial charge on any atom is -0.490 e. The lowest BCUT2D eigenvalue weighted by molar-refractivity contribution is 0.216. The van der Waals surface area contributed by atoms with Crippen LogP contribution < -0.4 is 9.47 Å². The molecule has 0 spiro atoms. The van der Waals surface area contributed by atoms with Crippen molar-refractivity contribution in [2.75, 3.05) is 13.2 Å². The largest absolute Gasteiger partial charge is 0.490 e. The van der Waals surface area contributed by atoms with Gasteiger partial charge in [0.2, 0.25) is 0 Å². The standard InChI is InChI=1S/C17H22O4/c1-5-19-15-8-7-13(10-16(15)20-6-2)17(18)14-9-11(3)21-12(14)4/h7-10,17-18H,5-6H2,1-4H3. The third-order valence-electron chi connectivity index (χ3n) is 3.26. The molecule has 114 valence electrons. The Bertz CT molecular complexity index is 601. The Labute approximate surface area is 125 Å². The second kappa shape index (κ2) is 6.68. The highest BCUT2D eigenvalue weighted by atomic mass is 16.5. The fraction of sp³-hybridized carbons (Fsp3) is 0.412. The smallest absolute Gasteiger partial charge is 0.161 e. The molecular formula is C17H22O4. The molecule has 0 saturated heterocycles. The quantitative estimate of drug-likeness (QED) is 0.879. The topological polar surface area (TPSA) is 51.8 Å². The van der Waals surface area contributed by atoms with Crippen molar-refractivity contribution in [3.63, 3.8) is 0 Å². The number of aliphatic hydroxyl groups excluding tert-OH is 1. The zero-order chi connectivity index (χ0) is 15.4. The lowest BCUT2D eigenvalue weighted by Crippen LogP contribution is -2.03. The number of aryl methyl sites for hydroxylation is 2. The molecule has 4 nitrogen and oxygen atoms in total. The van der Waals surface area contributed by atoms with E-state index in [0.29, 0.717) is 24.7 Å². The number of hydrogen-bond donors (Lipinski definition) is 1. The molecule has 1 aromatic heterocycles. The van der Waals surface area contributed by atoms with E-state index in [-0.39, 0.29) is 0 Å². The molecular weight excluding hydrogens is 268 g/mol. The van der Waals surface area contributed by atoms with E-state index in [2.05, 4.69) is 0 Å². The summed E-state index contributed by atoms with van der Waals surface area (Å²) < 4.78 is 16.6. The van der Waals surface area contributed by atoms with Gasteiger partial charge in [0.15, 0.2) is 11.5 Å². The Morgan fingerprint density at radius 2 is 1.71 bits per heavy atom. The van der Waals surface area contributed by atoms with Gasteiger partial charge in [0.1, 0.15) is 17.6 Å². The lowest BCUT2D eigenvalue weighted by atomic mass is 10.0. The summed E-state index contributed by atoms with van der Waals surface area (Å²) >= 11 is 0. The van der Waals surface area contributed by atoms with Gasteiger partial charge in [0.05, 0.1) is 13.2 Å². The normalized spacial score (nSPS) is 12.2. The fourth-order valence-electron chi connectivity index (χ4n) is 2.34. The molecule has 0 radical (unpaired) electrons. The van der Waals surface area contributed by atoms with E-state index in [1.807, 2.05) is 52.0 Å². The van der Waals surface area contributed by atoms with Crippen LogP contribution in [0.15, 0.2) is 28.7 Å². The Morgan fingerprint density at radius 1 is 1.05 bits per heavy atom. The zero-order valence-corrected chi connectivity index (χ0v) is 13.0. The van der Waals surface area contributed by atoms with Gasteiger partial charge in [-0.05, 0) is 51.5 Å². The van der Waals surface area contributed by atoms with Gasteiger partial charge in [-0.3, -0.25) is 0 Å². The predicted molar refractivity (Wildman–Crippen MR) is 81.0 cm³/mol. The van der Waals surface area contributed by atoms with Crippen molar-refractivity contribution in [3.8, 4) is 11.5 Å². The van der Waals surface area contributed by atoms with Gasteiger partial charge in [0.25, 0.3) is 0 Å². The summed E-state index contributed by atoms with van der Waals surface area (Å²) in [5, 5.41) is 10.5. The minimum atomic E-state index is -0.739. The van der Waals surface area contributed by atoms with Crippen LogP contribution >= 0.6 is 0 Å². The van der Waals surface area contributed by atoms with Crippen LogP contribution in [0, 0.1) is 13.8 Å². The molecule has 1 aromatic carbocycles. The maximum absolute atomic E-state index is 10.5. The maximum Gasteiger partial charge on any atom is 0.161 e. The summed E-state index contributed by atoms with van der Waals surface area (Å²) in [7, 11) is 0. The van der Waals surface area contributed by atoms with Crippen LogP contribution in [0.2, 0.25) is 0 Å². The summed E-state index contributed by atoms with van der Waals surface area (Å²) in [5.41, 5.74) is 1.53. The average molecular weight is 290 g/mol. The summed E-state index contributed by atoms with van der Waals surface area (Å²) in [4.78, 5) is 0. The highest BCUT2D eigenvalue weighted by Crippen LogP contribution is 2.34. The minimum absolute atomic E-state index is 0.545. The van der Waals surface area contributed by atoms with Gasteiger partial charge in [-0.25, -0.2) is 0 Å². The van der Waals surface area contributed by atoms with Gasteiger partial charge in [0, 0.05) is 5.56 Å². The molecule has 0 aliphatic carbocycles. The molecule has 2 aromatic rings. The molecule has 1 N–H and O–H groups in total. The van der Waals surface area contributed by atoms with Gasteiger partial charge in [-0.1, -0.05) is 6.07 Å². The Morgan fingerprint density at radius 3 is 2.29 bits per heavy atom. The number of furan rings is 1. The van der Waals surface area contributed by atoms with Crippen LogP contribution in [0.4, 0.5) is 0 Å². The predicted octanol–water partition coefficient (Wildman–Crippen LogP) is 3.78. The summed E-state index contributed by atoms with van der Waals surface area (Å²) in [6.07, 6.45) is -0.739. The zero-order valence-electron chi connectivity index (χ0n) is 13.0. The summed E-state index contributed by atoms with van der Waals surface area (Å²) in [5.74, 6) is 2.86. The molecule has 4 heteroatoms.